The monoisotopic (exact) mass is 200 g/mol. The fraction of sp³-hybridized carbons (Fsp3) is 0.167. The van der Waals surface area contributed by atoms with Gasteiger partial charge >= 0.3 is 0 Å². The summed E-state index contributed by atoms with van der Waals surface area (Å²) in [7, 11) is 1.43. The average Bonchev–Trinajstić information content (AvgIpc) is 2.48. The van der Waals surface area contributed by atoms with Crippen molar-refractivity contribution in [1.29, 1.82) is 0 Å². The predicted molar refractivity (Wildman–Crippen MR) is 48.5 cm³/mol. The molecule has 1 rings (SSSR count). The first-order chi connectivity index (χ1) is 5.74. The Hall–Kier alpha value is -0.675. The minimum absolute atomic E-state index is 0.408. The van der Waals surface area contributed by atoms with Crippen molar-refractivity contribution >= 4 is 41.6 Å². The van der Waals surface area contributed by atoms with Gasteiger partial charge in [-0.15, -0.1) is 11.3 Å². The van der Waals surface area contributed by atoms with Gasteiger partial charge in [0.05, 0.1) is 17.4 Å². The van der Waals surface area contributed by atoms with Crippen LogP contribution in [0.2, 0.25) is 0 Å². The maximum Gasteiger partial charge on any atom is 0.264 e. The van der Waals surface area contributed by atoms with Crippen LogP contribution in [0.15, 0.2) is 6.20 Å². The topological polar surface area (TPSA) is 47.0 Å². The molecule has 1 aromatic heterocycles. The Morgan fingerprint density at radius 2 is 2.58 bits per heavy atom. The number of rotatable bonds is 4. The van der Waals surface area contributed by atoms with Gasteiger partial charge in [-0.25, -0.2) is 4.98 Å². The fourth-order valence-corrected chi connectivity index (χ4v) is 1.53. The highest BCUT2D eigenvalue weighted by Crippen LogP contribution is 2.14. The van der Waals surface area contributed by atoms with E-state index in [0.29, 0.717) is 22.4 Å². The molecular formula is C6H4BClNO2S. The number of aromatic nitrogens is 1. The first kappa shape index (κ1) is 9.41. The summed E-state index contributed by atoms with van der Waals surface area (Å²) in [5.41, 5.74) is 0. The van der Waals surface area contributed by atoms with Crippen LogP contribution in [0, 0.1) is 0 Å². The van der Waals surface area contributed by atoms with Gasteiger partial charge in [-0.3, -0.25) is 4.79 Å². The zero-order chi connectivity index (χ0) is 8.97. The van der Waals surface area contributed by atoms with E-state index in [0.717, 1.165) is 0 Å². The van der Waals surface area contributed by atoms with Gasteiger partial charge in [-0.2, -0.15) is 0 Å². The molecule has 0 amide bonds. The summed E-state index contributed by atoms with van der Waals surface area (Å²) >= 11 is 6.40. The summed E-state index contributed by atoms with van der Waals surface area (Å²) in [6, 6.07) is 0. The Bertz CT molecular complexity index is 301. The molecule has 1 radical (unpaired) electrons. The van der Waals surface area contributed by atoms with Crippen molar-refractivity contribution in [2.24, 2.45) is 0 Å². The molecule has 61 valence electrons. The van der Waals surface area contributed by atoms with E-state index in [-0.39, 0.29) is 0 Å². The van der Waals surface area contributed by atoms with Gasteiger partial charge in [-0.1, -0.05) is 0 Å². The Morgan fingerprint density at radius 1 is 1.83 bits per heavy atom. The molecule has 0 spiro atoms. The van der Waals surface area contributed by atoms with Crippen LogP contribution in [0.25, 0.3) is 0 Å². The molecule has 0 saturated carbocycles. The van der Waals surface area contributed by atoms with Crippen molar-refractivity contribution < 1.29 is 9.59 Å². The molecule has 0 aliphatic carbocycles. The molecule has 0 fully saturated rings. The van der Waals surface area contributed by atoms with Crippen molar-refractivity contribution in [3.05, 3.63) is 16.1 Å². The van der Waals surface area contributed by atoms with Crippen molar-refractivity contribution in [3.63, 3.8) is 0 Å². The number of hydrogen-bond donors (Lipinski definition) is 0. The van der Waals surface area contributed by atoms with E-state index in [1.165, 1.54) is 24.8 Å². The second kappa shape index (κ2) is 4.38. The standard InChI is InChI=1S/C6H4BClNO2S/c8-6(11)4-2-9-5(12-4)1-7-3-10/h2-3H,1H2. The maximum atomic E-state index is 10.6. The van der Waals surface area contributed by atoms with Crippen LogP contribution >= 0.6 is 22.9 Å². The highest BCUT2D eigenvalue weighted by molar-refractivity contribution is 7.15. The van der Waals surface area contributed by atoms with E-state index >= 15 is 0 Å². The van der Waals surface area contributed by atoms with Crippen LogP contribution < -0.4 is 0 Å². The molecule has 0 aliphatic rings. The van der Waals surface area contributed by atoms with E-state index in [2.05, 4.69) is 4.98 Å². The van der Waals surface area contributed by atoms with Crippen molar-refractivity contribution in [3.8, 4) is 0 Å². The molecule has 6 heteroatoms. The van der Waals surface area contributed by atoms with Crippen LogP contribution in [-0.2, 0) is 11.1 Å². The zero-order valence-electron chi connectivity index (χ0n) is 5.99. The normalized spacial score (nSPS) is 9.42. The van der Waals surface area contributed by atoms with E-state index in [1.54, 1.807) is 0 Å². The molecule has 0 saturated heterocycles. The number of halogens is 1. The summed E-state index contributed by atoms with van der Waals surface area (Å²) in [4.78, 5) is 24.8. The fourth-order valence-electron chi connectivity index (χ4n) is 0.644. The quantitative estimate of drug-likeness (QED) is 0.412. The summed E-state index contributed by atoms with van der Waals surface area (Å²) < 4.78 is 0. The molecule has 3 nitrogen and oxygen atoms in total. The largest absolute Gasteiger partial charge is 0.316 e. The molecule has 12 heavy (non-hydrogen) atoms. The van der Waals surface area contributed by atoms with Crippen LogP contribution in [0.3, 0.4) is 0 Å². The molecule has 0 bridgehead atoms. The van der Waals surface area contributed by atoms with Crippen molar-refractivity contribution in [2.75, 3.05) is 0 Å². The third kappa shape index (κ3) is 2.42. The summed E-state index contributed by atoms with van der Waals surface area (Å²) in [5, 5.41) is 0.205. The van der Waals surface area contributed by atoms with Crippen LogP contribution in [0.5, 0.6) is 0 Å². The second-order valence-electron chi connectivity index (χ2n) is 1.97. The highest BCUT2D eigenvalue weighted by atomic mass is 35.5. The molecular weight excluding hydrogens is 196 g/mol. The number of nitrogens with zero attached hydrogens (tertiary/aromatic N) is 1. The summed E-state index contributed by atoms with van der Waals surface area (Å²) in [5.74, 6) is 0. The first-order valence-corrected chi connectivity index (χ1v) is 4.35. The first-order valence-electron chi connectivity index (χ1n) is 3.15. The smallest absolute Gasteiger partial charge is 0.264 e. The van der Waals surface area contributed by atoms with Gasteiger partial charge in [0.2, 0.25) is 7.28 Å². The van der Waals surface area contributed by atoms with Gasteiger partial charge in [0, 0.05) is 0 Å². The molecule has 0 unspecified atom stereocenters. The van der Waals surface area contributed by atoms with Gasteiger partial charge in [-0.05, 0) is 17.9 Å². The molecule has 0 N–H and O–H groups in total. The second-order valence-corrected chi connectivity index (χ2v) is 3.43. The van der Waals surface area contributed by atoms with Crippen molar-refractivity contribution in [1.82, 2.24) is 4.98 Å². The van der Waals surface area contributed by atoms with E-state index in [4.69, 9.17) is 11.6 Å². The molecule has 1 heterocycles. The molecule has 0 atom stereocenters. The Morgan fingerprint density at radius 3 is 3.08 bits per heavy atom. The minimum Gasteiger partial charge on any atom is -0.316 e. The highest BCUT2D eigenvalue weighted by Gasteiger charge is 2.07. The molecule has 1 aromatic rings. The van der Waals surface area contributed by atoms with Crippen LogP contribution in [0.4, 0.5) is 0 Å². The number of carbonyl (C=O) groups excluding carboxylic acids is 2. The van der Waals surface area contributed by atoms with Crippen LogP contribution in [-0.4, -0.2) is 23.7 Å². The van der Waals surface area contributed by atoms with E-state index < -0.39 is 5.24 Å². The molecule has 0 aliphatic heterocycles. The van der Waals surface area contributed by atoms with Crippen LogP contribution in [0.1, 0.15) is 14.7 Å². The number of hydrogen-bond acceptors (Lipinski definition) is 4. The third-order valence-corrected chi connectivity index (χ3v) is 2.47. The predicted octanol–water partition coefficient (Wildman–Crippen LogP) is 0.916. The lowest BCUT2D eigenvalue weighted by molar-refractivity contribution is 0.108. The summed E-state index contributed by atoms with van der Waals surface area (Å²) in [6.45, 7) is 0. The van der Waals surface area contributed by atoms with Gasteiger partial charge in [0.1, 0.15) is 4.88 Å². The van der Waals surface area contributed by atoms with Crippen molar-refractivity contribution in [2.45, 2.75) is 6.32 Å². The van der Waals surface area contributed by atoms with E-state index in [1.807, 2.05) is 0 Å². The Labute approximate surface area is 79.0 Å². The van der Waals surface area contributed by atoms with Gasteiger partial charge in [0.25, 0.3) is 5.24 Å². The lowest BCUT2D eigenvalue weighted by atomic mass is 9.78. The zero-order valence-corrected chi connectivity index (χ0v) is 7.56. The Balaban J connectivity index is 2.64. The number of thiazole rings is 1. The lowest BCUT2D eigenvalue weighted by Crippen LogP contribution is -1.96. The Kier molecular flexibility index (Phi) is 3.43. The van der Waals surface area contributed by atoms with Gasteiger partial charge < -0.3 is 4.79 Å². The number of carbonyl (C=O) groups is 2. The maximum absolute atomic E-state index is 10.6. The average molecular weight is 200 g/mol. The SMILES string of the molecule is O=C[B]Cc1ncc(C(=O)Cl)s1. The molecule has 0 aromatic carbocycles. The summed E-state index contributed by atoms with van der Waals surface area (Å²) in [6.07, 6.45) is 2.57. The third-order valence-electron chi connectivity index (χ3n) is 1.14. The van der Waals surface area contributed by atoms with E-state index in [9.17, 15) is 9.59 Å². The minimum atomic E-state index is -0.509. The van der Waals surface area contributed by atoms with Gasteiger partial charge in [0.15, 0.2) is 0 Å². The lowest BCUT2D eigenvalue weighted by Gasteiger charge is -1.83.